The summed E-state index contributed by atoms with van der Waals surface area (Å²) >= 11 is 0. The largest absolute Gasteiger partial charge is 0.441 e. The van der Waals surface area contributed by atoms with Crippen molar-refractivity contribution >= 4 is 5.97 Å². The topological polar surface area (TPSA) is 26.3 Å². The zero-order valence-corrected chi connectivity index (χ0v) is 14.1. The van der Waals surface area contributed by atoms with E-state index in [0.717, 1.165) is 16.7 Å². The Balaban J connectivity index is 2.29. The lowest BCUT2D eigenvalue weighted by atomic mass is 9.80. The number of esters is 1. The normalized spacial score (nSPS) is 11.4. The molecule has 0 atom stereocenters. The van der Waals surface area contributed by atoms with E-state index in [9.17, 15) is 4.79 Å². The average molecular weight is 328 g/mol. The van der Waals surface area contributed by atoms with Gasteiger partial charge in [-0.25, -0.2) is 4.79 Å². The van der Waals surface area contributed by atoms with E-state index in [1.807, 2.05) is 91.0 Å². The van der Waals surface area contributed by atoms with E-state index in [4.69, 9.17) is 4.74 Å². The predicted molar refractivity (Wildman–Crippen MR) is 100 cm³/mol. The molecule has 0 saturated heterocycles. The lowest BCUT2D eigenvalue weighted by Gasteiger charge is -2.35. The van der Waals surface area contributed by atoms with Gasteiger partial charge in [0.05, 0.1) is 0 Å². The molecule has 0 saturated carbocycles. The molecular formula is C23H20O2. The molecule has 0 radical (unpaired) electrons. The summed E-state index contributed by atoms with van der Waals surface area (Å²) in [5.41, 5.74) is 1.72. The van der Waals surface area contributed by atoms with E-state index in [-0.39, 0.29) is 5.97 Å². The molecule has 3 rings (SSSR count). The van der Waals surface area contributed by atoms with Crippen molar-refractivity contribution in [2.45, 2.75) is 12.5 Å². The highest BCUT2D eigenvalue weighted by Crippen LogP contribution is 2.40. The highest BCUT2D eigenvalue weighted by molar-refractivity contribution is 5.83. The first-order valence-corrected chi connectivity index (χ1v) is 8.29. The molecule has 0 unspecified atom stereocenters. The van der Waals surface area contributed by atoms with Crippen molar-refractivity contribution in [3.63, 3.8) is 0 Å². The first-order chi connectivity index (χ1) is 12.3. The van der Waals surface area contributed by atoms with Crippen LogP contribution in [0.2, 0.25) is 0 Å². The van der Waals surface area contributed by atoms with Crippen molar-refractivity contribution < 1.29 is 9.53 Å². The van der Waals surface area contributed by atoms with Crippen molar-refractivity contribution in [3.05, 3.63) is 120 Å². The van der Waals surface area contributed by atoms with Gasteiger partial charge in [-0.3, -0.25) is 0 Å². The van der Waals surface area contributed by atoms with Crippen molar-refractivity contribution in [1.82, 2.24) is 0 Å². The number of carbonyl (C=O) groups excluding carboxylic acids is 1. The van der Waals surface area contributed by atoms with Crippen LogP contribution in [-0.4, -0.2) is 5.97 Å². The van der Waals surface area contributed by atoms with Crippen LogP contribution in [0.3, 0.4) is 0 Å². The Morgan fingerprint density at radius 2 is 1.08 bits per heavy atom. The zero-order valence-electron chi connectivity index (χ0n) is 14.1. The first kappa shape index (κ1) is 16.7. The molecule has 2 heteroatoms. The summed E-state index contributed by atoms with van der Waals surface area (Å²) in [7, 11) is 0. The Morgan fingerprint density at radius 3 is 1.40 bits per heavy atom. The number of hydrogen-bond acceptors (Lipinski definition) is 2. The van der Waals surface area contributed by atoms with Crippen molar-refractivity contribution in [2.75, 3.05) is 0 Å². The lowest BCUT2D eigenvalue weighted by molar-refractivity contribution is -0.147. The molecule has 0 N–H and O–H groups in total. The van der Waals surface area contributed by atoms with Gasteiger partial charge in [0.25, 0.3) is 0 Å². The fourth-order valence-electron chi connectivity index (χ4n) is 3.02. The fraction of sp³-hybridized carbons (Fsp3) is 0.0870. The Kier molecular flexibility index (Phi) is 5.10. The van der Waals surface area contributed by atoms with Gasteiger partial charge in [-0.15, -0.1) is 0 Å². The van der Waals surface area contributed by atoms with Gasteiger partial charge in [-0.2, -0.15) is 0 Å². The number of ether oxygens (including phenoxy) is 1. The van der Waals surface area contributed by atoms with Crippen LogP contribution in [-0.2, 0) is 15.1 Å². The fourth-order valence-corrected chi connectivity index (χ4v) is 3.02. The molecule has 0 bridgehead atoms. The molecule has 3 aromatic carbocycles. The standard InChI is InChI=1S/C23H20O2/c1-2-12-22(24)25-23(19-13-6-3-7-14-19,20-15-8-4-9-16-20)21-17-10-5-11-18-21/h2-18H,1H3. The van der Waals surface area contributed by atoms with Crippen LogP contribution in [0.4, 0.5) is 0 Å². The van der Waals surface area contributed by atoms with Crippen molar-refractivity contribution in [2.24, 2.45) is 0 Å². The zero-order chi connectivity index (χ0) is 17.5. The summed E-state index contributed by atoms with van der Waals surface area (Å²) in [4.78, 5) is 12.5. The Morgan fingerprint density at radius 1 is 0.720 bits per heavy atom. The highest BCUT2D eigenvalue weighted by atomic mass is 16.6. The number of rotatable bonds is 5. The third-order valence-corrected chi connectivity index (χ3v) is 4.10. The second-order valence-corrected chi connectivity index (χ2v) is 5.70. The Bertz CT molecular complexity index is 740. The summed E-state index contributed by atoms with van der Waals surface area (Å²) in [6.45, 7) is 1.80. The monoisotopic (exact) mass is 328 g/mol. The van der Waals surface area contributed by atoms with Crippen LogP contribution in [0.25, 0.3) is 0 Å². The summed E-state index contributed by atoms with van der Waals surface area (Å²) in [6.07, 6.45) is 3.14. The van der Waals surface area contributed by atoms with Crippen LogP contribution in [0.15, 0.2) is 103 Å². The summed E-state index contributed by atoms with van der Waals surface area (Å²) < 4.78 is 6.11. The van der Waals surface area contributed by atoms with Gasteiger partial charge in [0, 0.05) is 22.8 Å². The molecular weight excluding hydrogens is 308 g/mol. The average Bonchev–Trinajstić information content (AvgIpc) is 2.68. The number of allylic oxidation sites excluding steroid dienone is 1. The van der Waals surface area contributed by atoms with Gasteiger partial charge in [0.1, 0.15) is 0 Å². The van der Waals surface area contributed by atoms with E-state index in [0.29, 0.717) is 0 Å². The maximum atomic E-state index is 12.5. The number of carbonyl (C=O) groups is 1. The summed E-state index contributed by atoms with van der Waals surface area (Å²) in [5.74, 6) is -0.376. The number of benzene rings is 3. The molecule has 0 amide bonds. The van der Waals surface area contributed by atoms with Crippen LogP contribution in [0.5, 0.6) is 0 Å². The van der Waals surface area contributed by atoms with Crippen LogP contribution < -0.4 is 0 Å². The van der Waals surface area contributed by atoms with Gasteiger partial charge < -0.3 is 4.74 Å². The molecule has 25 heavy (non-hydrogen) atoms. The maximum Gasteiger partial charge on any atom is 0.331 e. The number of hydrogen-bond donors (Lipinski definition) is 0. The molecule has 0 fully saturated rings. The van der Waals surface area contributed by atoms with Crippen molar-refractivity contribution in [3.8, 4) is 0 Å². The minimum atomic E-state index is -1.000. The molecule has 0 spiro atoms. The maximum absolute atomic E-state index is 12.5. The lowest BCUT2D eigenvalue weighted by Crippen LogP contribution is -2.34. The third kappa shape index (κ3) is 3.38. The third-order valence-electron chi connectivity index (χ3n) is 4.10. The Hall–Kier alpha value is -3.13. The van der Waals surface area contributed by atoms with E-state index in [2.05, 4.69) is 0 Å². The summed E-state index contributed by atoms with van der Waals surface area (Å²) in [6, 6.07) is 29.6. The molecule has 124 valence electrons. The smallest absolute Gasteiger partial charge is 0.331 e. The van der Waals surface area contributed by atoms with Crippen LogP contribution in [0, 0.1) is 0 Å². The predicted octanol–water partition coefficient (Wildman–Crippen LogP) is 5.10. The molecule has 0 aliphatic carbocycles. The second kappa shape index (κ2) is 7.63. The molecule has 0 aliphatic heterocycles. The first-order valence-electron chi connectivity index (χ1n) is 8.29. The molecule has 2 nitrogen and oxygen atoms in total. The van der Waals surface area contributed by atoms with Crippen LogP contribution >= 0.6 is 0 Å². The van der Waals surface area contributed by atoms with Crippen molar-refractivity contribution in [1.29, 1.82) is 0 Å². The van der Waals surface area contributed by atoms with E-state index >= 15 is 0 Å². The van der Waals surface area contributed by atoms with E-state index in [1.54, 1.807) is 13.0 Å². The molecule has 0 heterocycles. The molecule has 0 aliphatic rings. The van der Waals surface area contributed by atoms with Gasteiger partial charge >= 0.3 is 5.97 Å². The van der Waals surface area contributed by atoms with Gasteiger partial charge in [0.15, 0.2) is 5.60 Å². The highest BCUT2D eigenvalue weighted by Gasteiger charge is 2.39. The Labute approximate surface area is 148 Å². The summed E-state index contributed by atoms with van der Waals surface area (Å²) in [5, 5.41) is 0. The van der Waals surface area contributed by atoms with E-state index in [1.165, 1.54) is 6.08 Å². The van der Waals surface area contributed by atoms with Crippen LogP contribution in [0.1, 0.15) is 23.6 Å². The molecule has 3 aromatic rings. The quantitative estimate of drug-likeness (QED) is 0.370. The van der Waals surface area contributed by atoms with Gasteiger partial charge in [-0.05, 0) is 6.92 Å². The van der Waals surface area contributed by atoms with Gasteiger partial charge in [-0.1, -0.05) is 97.1 Å². The SMILES string of the molecule is CC=CC(=O)OC(c1ccccc1)(c1ccccc1)c1ccccc1. The minimum absolute atomic E-state index is 0.376. The van der Waals surface area contributed by atoms with Gasteiger partial charge in [0.2, 0.25) is 0 Å². The molecule has 0 aromatic heterocycles. The minimum Gasteiger partial charge on any atom is -0.441 e. The second-order valence-electron chi connectivity index (χ2n) is 5.70. The van der Waals surface area contributed by atoms with E-state index < -0.39 is 5.60 Å².